The molecule has 0 radical (unpaired) electrons. The molecule has 0 bridgehead atoms. The summed E-state index contributed by atoms with van der Waals surface area (Å²) >= 11 is 5.51. The van der Waals surface area contributed by atoms with E-state index in [1.807, 2.05) is 13.8 Å². The Bertz CT molecular complexity index is 399. The number of rotatable bonds is 10. The van der Waals surface area contributed by atoms with Gasteiger partial charge < -0.3 is 10.1 Å². The van der Waals surface area contributed by atoms with Gasteiger partial charge in [-0.3, -0.25) is 4.79 Å². The summed E-state index contributed by atoms with van der Waals surface area (Å²) in [5, 5.41) is 3.20. The van der Waals surface area contributed by atoms with Crippen molar-refractivity contribution in [3.63, 3.8) is 0 Å². The topological polar surface area (TPSA) is 50.4 Å². The Labute approximate surface area is 154 Å². The molecule has 0 aromatic carbocycles. The zero-order valence-corrected chi connectivity index (χ0v) is 18.0. The van der Waals surface area contributed by atoms with Crippen LogP contribution in [0, 0.1) is 10.8 Å². The van der Waals surface area contributed by atoms with Crippen LogP contribution in [-0.2, 0) is 9.53 Å². The number of hydrogen-bond donors (Lipinski definition) is 2. The highest BCUT2D eigenvalue weighted by Gasteiger charge is 2.35. The maximum atomic E-state index is 12.7. The number of ether oxygens (including phenoxy) is 1. The van der Waals surface area contributed by atoms with E-state index in [9.17, 15) is 4.79 Å². The molecule has 0 atom stereocenters. The number of hydrogen-bond acceptors (Lipinski definition) is 3. The summed E-state index contributed by atoms with van der Waals surface area (Å²) < 4.78 is 5.97. The van der Waals surface area contributed by atoms with Gasteiger partial charge in [-0.25, -0.2) is 4.84 Å². The highest BCUT2D eigenvalue weighted by Crippen LogP contribution is 2.33. The lowest BCUT2D eigenvalue weighted by molar-refractivity contribution is -0.133. The molecule has 1 amide bonds. The number of carbonyl (C=O) groups is 1. The van der Waals surface area contributed by atoms with Gasteiger partial charge >= 0.3 is 0 Å². The second-order valence-corrected chi connectivity index (χ2v) is 10.2. The van der Waals surface area contributed by atoms with Crippen LogP contribution >= 0.6 is 11.8 Å². The standard InChI is InChI=1S/C19H39ClN2O2/c1-16(2,3)14-17(4,5)15(23)22-18(6,7)11-13-24-19(8,9)10-12-21-20/h21H,10-14H2,1-9H3,(H,22,23). The zero-order valence-electron chi connectivity index (χ0n) is 17.2. The van der Waals surface area contributed by atoms with Crippen LogP contribution in [0.5, 0.6) is 0 Å². The fourth-order valence-corrected chi connectivity index (χ4v) is 3.04. The van der Waals surface area contributed by atoms with E-state index in [2.05, 4.69) is 58.6 Å². The number of nitrogens with one attached hydrogen (secondary N) is 2. The molecule has 0 saturated carbocycles. The maximum Gasteiger partial charge on any atom is 0.226 e. The fraction of sp³-hybridized carbons (Fsp3) is 0.947. The predicted molar refractivity (Wildman–Crippen MR) is 103 cm³/mol. The predicted octanol–water partition coefficient (Wildman–Crippen LogP) is 4.66. The average Bonchev–Trinajstić information content (AvgIpc) is 2.32. The fourth-order valence-electron chi connectivity index (χ4n) is 2.95. The van der Waals surface area contributed by atoms with Crippen LogP contribution in [0.25, 0.3) is 0 Å². The molecule has 5 heteroatoms. The minimum atomic E-state index is -0.387. The van der Waals surface area contributed by atoms with E-state index in [0.717, 1.165) is 19.3 Å². The molecule has 0 saturated heterocycles. The largest absolute Gasteiger partial charge is 0.375 e. The maximum absolute atomic E-state index is 12.7. The van der Waals surface area contributed by atoms with Crippen molar-refractivity contribution < 1.29 is 9.53 Å². The van der Waals surface area contributed by atoms with Crippen molar-refractivity contribution in [3.05, 3.63) is 0 Å². The summed E-state index contributed by atoms with van der Waals surface area (Å²) in [6.45, 7) is 20.0. The van der Waals surface area contributed by atoms with Crippen molar-refractivity contribution in [2.75, 3.05) is 13.2 Å². The van der Waals surface area contributed by atoms with Gasteiger partial charge in [-0.2, -0.15) is 0 Å². The summed E-state index contributed by atoms with van der Waals surface area (Å²) in [5.74, 6) is 0.105. The molecule has 2 N–H and O–H groups in total. The molecule has 0 heterocycles. The molecular weight excluding hydrogens is 324 g/mol. The van der Waals surface area contributed by atoms with Crippen LogP contribution in [-0.4, -0.2) is 30.2 Å². The lowest BCUT2D eigenvalue weighted by Gasteiger charge is -2.36. The molecule has 0 aromatic rings. The summed E-state index contributed by atoms with van der Waals surface area (Å²) in [6.07, 6.45) is 2.45. The van der Waals surface area contributed by atoms with E-state index < -0.39 is 0 Å². The third-order valence-corrected chi connectivity index (χ3v) is 4.27. The number of amides is 1. The van der Waals surface area contributed by atoms with Gasteiger partial charge in [0.05, 0.1) is 5.60 Å². The molecule has 0 unspecified atom stereocenters. The monoisotopic (exact) mass is 362 g/mol. The first-order valence-electron chi connectivity index (χ1n) is 8.90. The minimum Gasteiger partial charge on any atom is -0.375 e. The summed E-state index contributed by atoms with van der Waals surface area (Å²) in [6, 6.07) is 0. The van der Waals surface area contributed by atoms with Crippen molar-refractivity contribution in [2.24, 2.45) is 10.8 Å². The number of halogens is 1. The third kappa shape index (κ3) is 10.5. The first kappa shape index (κ1) is 23.7. The molecule has 0 aliphatic heterocycles. The van der Waals surface area contributed by atoms with Gasteiger partial charge in [0, 0.05) is 24.1 Å². The Hall–Kier alpha value is -0.320. The van der Waals surface area contributed by atoms with Gasteiger partial charge in [-0.15, -0.1) is 0 Å². The summed E-state index contributed by atoms with van der Waals surface area (Å²) in [5.41, 5.74) is -0.795. The van der Waals surface area contributed by atoms with Crippen LogP contribution in [0.15, 0.2) is 0 Å². The Morgan fingerprint density at radius 1 is 0.958 bits per heavy atom. The summed E-state index contributed by atoms with van der Waals surface area (Å²) in [4.78, 5) is 15.3. The average molecular weight is 363 g/mol. The normalized spacial score (nSPS) is 13.9. The van der Waals surface area contributed by atoms with Crippen molar-refractivity contribution in [3.8, 4) is 0 Å². The van der Waals surface area contributed by atoms with Crippen LogP contribution in [0.4, 0.5) is 0 Å². The Balaban J connectivity index is 4.50. The highest BCUT2D eigenvalue weighted by atomic mass is 35.5. The zero-order chi connectivity index (χ0) is 19.2. The van der Waals surface area contributed by atoms with Crippen molar-refractivity contribution in [1.82, 2.24) is 10.2 Å². The first-order valence-corrected chi connectivity index (χ1v) is 9.28. The van der Waals surface area contributed by atoms with Crippen LogP contribution in [0.1, 0.15) is 81.6 Å². The van der Waals surface area contributed by atoms with E-state index in [4.69, 9.17) is 16.5 Å². The minimum absolute atomic E-state index is 0.105. The van der Waals surface area contributed by atoms with Crippen LogP contribution in [0.3, 0.4) is 0 Å². The number of carbonyl (C=O) groups excluding carboxylic acids is 1. The molecule has 0 aliphatic rings. The van der Waals surface area contributed by atoms with Gasteiger partial charge in [0.25, 0.3) is 0 Å². The molecular formula is C19H39ClN2O2. The van der Waals surface area contributed by atoms with Gasteiger partial charge in [0.2, 0.25) is 5.91 Å². The van der Waals surface area contributed by atoms with E-state index in [-0.39, 0.29) is 27.9 Å². The molecule has 0 spiro atoms. The van der Waals surface area contributed by atoms with Gasteiger partial charge in [-0.05, 0) is 64.1 Å². The highest BCUT2D eigenvalue weighted by molar-refractivity contribution is 6.13. The Morgan fingerprint density at radius 3 is 1.96 bits per heavy atom. The van der Waals surface area contributed by atoms with E-state index >= 15 is 0 Å². The summed E-state index contributed by atoms with van der Waals surface area (Å²) in [7, 11) is 0. The van der Waals surface area contributed by atoms with E-state index in [0.29, 0.717) is 13.2 Å². The molecule has 0 aliphatic carbocycles. The van der Waals surface area contributed by atoms with Crippen molar-refractivity contribution in [2.45, 2.75) is 92.7 Å². The lowest BCUT2D eigenvalue weighted by atomic mass is 9.75. The van der Waals surface area contributed by atoms with Gasteiger partial charge in [-0.1, -0.05) is 34.6 Å². The molecule has 4 nitrogen and oxygen atoms in total. The van der Waals surface area contributed by atoms with Crippen molar-refractivity contribution in [1.29, 1.82) is 0 Å². The van der Waals surface area contributed by atoms with Crippen LogP contribution < -0.4 is 10.2 Å². The quantitative estimate of drug-likeness (QED) is 0.555. The molecule has 144 valence electrons. The molecule has 0 aromatic heterocycles. The SMILES string of the molecule is CC(C)(C)CC(C)(C)C(=O)NC(C)(C)CCOC(C)(C)CCNCl. The smallest absolute Gasteiger partial charge is 0.226 e. The van der Waals surface area contributed by atoms with Gasteiger partial charge in [0.1, 0.15) is 0 Å². The lowest BCUT2D eigenvalue weighted by Crippen LogP contribution is -2.50. The Kier molecular flexibility index (Phi) is 8.75. The van der Waals surface area contributed by atoms with Gasteiger partial charge in [0.15, 0.2) is 0 Å². The molecule has 0 rings (SSSR count). The van der Waals surface area contributed by atoms with E-state index in [1.165, 1.54) is 0 Å². The van der Waals surface area contributed by atoms with Crippen LogP contribution in [0.2, 0.25) is 0 Å². The van der Waals surface area contributed by atoms with Crippen molar-refractivity contribution >= 4 is 17.7 Å². The first-order chi connectivity index (χ1) is 10.6. The second-order valence-electron chi connectivity index (χ2n) is 9.95. The van der Waals surface area contributed by atoms with E-state index in [1.54, 1.807) is 0 Å². The molecule has 0 fully saturated rings. The molecule has 24 heavy (non-hydrogen) atoms. The second kappa shape index (κ2) is 8.86. The third-order valence-electron chi connectivity index (χ3n) is 4.08. The Morgan fingerprint density at radius 2 is 1.50 bits per heavy atom.